The Hall–Kier alpha value is -0.740. The molecule has 3 nitrogen and oxygen atoms in total. The second-order valence-corrected chi connectivity index (χ2v) is 8.99. The van der Waals surface area contributed by atoms with Crippen LogP contribution in [0.3, 0.4) is 0 Å². The molecular weight excluding hydrogens is 435 g/mol. The van der Waals surface area contributed by atoms with Crippen LogP contribution in [-0.4, -0.2) is 26.1 Å². The minimum atomic E-state index is -5.90. The summed E-state index contributed by atoms with van der Waals surface area (Å²) in [4.78, 5) is -0.463. The fourth-order valence-electron chi connectivity index (χ4n) is 3.64. The van der Waals surface area contributed by atoms with Crippen LogP contribution in [0.5, 0.6) is 0 Å². The van der Waals surface area contributed by atoms with Gasteiger partial charge in [0.25, 0.3) is 10.1 Å². The first-order valence-electron chi connectivity index (χ1n) is 7.55. The lowest BCUT2D eigenvalue weighted by molar-refractivity contribution is -0.359. The lowest BCUT2D eigenvalue weighted by atomic mass is 9.56. The molecule has 1 aromatic rings. The average Bonchev–Trinajstić information content (AvgIpc) is 2.45. The maximum absolute atomic E-state index is 14.3. The third-order valence-electron chi connectivity index (χ3n) is 5.07. The molecule has 0 heterocycles. The van der Waals surface area contributed by atoms with Gasteiger partial charge in [0.15, 0.2) is 5.60 Å². The largest absolute Gasteiger partial charge is 0.456 e. The van der Waals surface area contributed by atoms with Crippen molar-refractivity contribution in [2.75, 3.05) is 0 Å². The van der Waals surface area contributed by atoms with Gasteiger partial charge in [-0.15, -0.1) is 0 Å². The van der Waals surface area contributed by atoms with Crippen molar-refractivity contribution in [2.24, 2.45) is 11.8 Å². The van der Waals surface area contributed by atoms with Crippen molar-refractivity contribution >= 4 is 26.0 Å². The Kier molecular flexibility index (Phi) is 4.48. The van der Waals surface area contributed by atoms with E-state index in [9.17, 15) is 30.4 Å². The van der Waals surface area contributed by atoms with E-state index >= 15 is 0 Å². The summed E-state index contributed by atoms with van der Waals surface area (Å²) in [6.07, 6.45) is -6.24. The zero-order chi connectivity index (χ0) is 18.7. The van der Waals surface area contributed by atoms with Crippen LogP contribution >= 0.6 is 15.9 Å². The van der Waals surface area contributed by atoms with E-state index in [4.69, 9.17) is 4.18 Å². The Balaban J connectivity index is 2.03. The summed E-state index contributed by atoms with van der Waals surface area (Å²) in [7, 11) is -4.79. The van der Waals surface area contributed by atoms with Gasteiger partial charge in [0, 0.05) is 4.47 Å². The Labute approximate surface area is 149 Å². The van der Waals surface area contributed by atoms with Gasteiger partial charge in [-0.2, -0.15) is 30.4 Å². The van der Waals surface area contributed by atoms with Crippen molar-refractivity contribution in [3.05, 3.63) is 28.7 Å². The SMILES string of the molecule is O=S(=O)(O[C@]1(C(F)(F)C(F)(F)F)CCC2CC1C2)c1ccc(Br)cc1. The van der Waals surface area contributed by atoms with Gasteiger partial charge in [0.05, 0.1) is 4.90 Å². The summed E-state index contributed by atoms with van der Waals surface area (Å²) in [5.41, 5.74) is -3.09. The summed E-state index contributed by atoms with van der Waals surface area (Å²) in [5, 5.41) is 0. The normalized spacial score (nSPS) is 30.0. The molecule has 1 atom stereocenters. The van der Waals surface area contributed by atoms with Crippen molar-refractivity contribution in [3.8, 4) is 0 Å². The molecule has 0 N–H and O–H groups in total. The molecule has 0 aliphatic heterocycles. The summed E-state index contributed by atoms with van der Waals surface area (Å²) in [5.74, 6) is -6.35. The number of rotatable bonds is 4. The third-order valence-corrected chi connectivity index (χ3v) is 6.96. The van der Waals surface area contributed by atoms with Gasteiger partial charge < -0.3 is 0 Å². The molecule has 140 valence electrons. The number of hydrogen-bond donors (Lipinski definition) is 0. The smallest absolute Gasteiger partial charge is 0.253 e. The van der Waals surface area contributed by atoms with E-state index in [2.05, 4.69) is 15.9 Å². The second kappa shape index (κ2) is 5.88. The number of alkyl halides is 5. The summed E-state index contributed by atoms with van der Waals surface area (Å²) in [6.45, 7) is 0. The van der Waals surface area contributed by atoms with Gasteiger partial charge in [-0.25, -0.2) is 0 Å². The predicted molar refractivity (Wildman–Crippen MR) is 81.6 cm³/mol. The molecule has 10 heteroatoms. The molecular formula is C15H14BrF5O3S. The zero-order valence-corrected chi connectivity index (χ0v) is 15.1. The fourth-order valence-corrected chi connectivity index (χ4v) is 5.18. The lowest BCUT2D eigenvalue weighted by Crippen LogP contribution is -2.67. The Morgan fingerprint density at radius 2 is 1.64 bits per heavy atom. The first-order valence-corrected chi connectivity index (χ1v) is 9.75. The molecule has 1 aromatic carbocycles. The summed E-state index contributed by atoms with van der Waals surface area (Å²) < 4.78 is 97.9. The van der Waals surface area contributed by atoms with Crippen LogP contribution in [0.2, 0.25) is 0 Å². The highest BCUT2D eigenvalue weighted by Crippen LogP contribution is 2.62. The molecule has 25 heavy (non-hydrogen) atoms. The molecule has 0 radical (unpaired) electrons. The van der Waals surface area contributed by atoms with E-state index in [1.165, 1.54) is 12.1 Å². The fraction of sp³-hybridized carbons (Fsp3) is 0.600. The Bertz CT molecular complexity index is 754. The van der Waals surface area contributed by atoms with E-state index in [-0.39, 0.29) is 25.2 Å². The number of benzene rings is 1. The molecule has 3 aliphatic rings. The maximum Gasteiger partial charge on any atom is 0.456 e. The Morgan fingerprint density at radius 3 is 2.08 bits per heavy atom. The Morgan fingerprint density at radius 1 is 1.08 bits per heavy atom. The van der Waals surface area contributed by atoms with Gasteiger partial charge >= 0.3 is 12.1 Å². The first-order chi connectivity index (χ1) is 11.4. The molecule has 0 aromatic heterocycles. The summed E-state index contributed by atoms with van der Waals surface area (Å²) >= 11 is 3.09. The van der Waals surface area contributed by atoms with Gasteiger partial charge in [-0.1, -0.05) is 15.9 Å². The lowest BCUT2D eigenvalue weighted by Gasteiger charge is -2.55. The van der Waals surface area contributed by atoms with Gasteiger partial charge in [0.1, 0.15) is 0 Å². The van der Waals surface area contributed by atoms with Crippen molar-refractivity contribution < 1.29 is 34.6 Å². The monoisotopic (exact) mass is 448 g/mol. The molecule has 4 rings (SSSR count). The van der Waals surface area contributed by atoms with Gasteiger partial charge in [-0.05, 0) is 61.8 Å². The number of fused-ring (bicyclic) bond motifs is 2. The van der Waals surface area contributed by atoms with Crippen LogP contribution in [0.25, 0.3) is 0 Å². The number of hydrogen-bond acceptors (Lipinski definition) is 3. The molecule has 3 saturated carbocycles. The van der Waals surface area contributed by atoms with Crippen LogP contribution < -0.4 is 0 Å². The van der Waals surface area contributed by atoms with Crippen LogP contribution in [-0.2, 0) is 14.3 Å². The molecule has 2 bridgehead atoms. The molecule has 0 amide bonds. The highest BCUT2D eigenvalue weighted by atomic mass is 79.9. The molecule has 3 aliphatic carbocycles. The minimum Gasteiger partial charge on any atom is -0.253 e. The predicted octanol–water partition coefficient (Wildman–Crippen LogP) is 4.91. The van der Waals surface area contributed by atoms with E-state index in [0.29, 0.717) is 4.47 Å². The molecule has 0 spiro atoms. The van der Waals surface area contributed by atoms with Gasteiger partial charge in [-0.3, -0.25) is 4.18 Å². The average molecular weight is 449 g/mol. The third kappa shape index (κ3) is 2.99. The van der Waals surface area contributed by atoms with Crippen LogP contribution in [0.15, 0.2) is 33.6 Å². The number of halogens is 6. The van der Waals surface area contributed by atoms with E-state index in [1.807, 2.05) is 0 Å². The first kappa shape index (κ1) is 19.0. The topological polar surface area (TPSA) is 43.4 Å². The van der Waals surface area contributed by atoms with Crippen molar-refractivity contribution in [1.82, 2.24) is 0 Å². The zero-order valence-electron chi connectivity index (χ0n) is 12.7. The highest BCUT2D eigenvalue weighted by Gasteiger charge is 2.76. The van der Waals surface area contributed by atoms with Crippen molar-refractivity contribution in [3.63, 3.8) is 0 Å². The van der Waals surface area contributed by atoms with Crippen molar-refractivity contribution in [1.29, 1.82) is 0 Å². The molecule has 3 fully saturated rings. The van der Waals surface area contributed by atoms with Crippen LogP contribution in [0.1, 0.15) is 25.7 Å². The van der Waals surface area contributed by atoms with Crippen LogP contribution in [0, 0.1) is 11.8 Å². The summed E-state index contributed by atoms with van der Waals surface area (Å²) in [6, 6.07) is 4.85. The highest BCUT2D eigenvalue weighted by molar-refractivity contribution is 9.10. The van der Waals surface area contributed by atoms with E-state index in [0.717, 1.165) is 12.1 Å². The van der Waals surface area contributed by atoms with Gasteiger partial charge in [0.2, 0.25) is 0 Å². The molecule has 0 unspecified atom stereocenters. The van der Waals surface area contributed by atoms with E-state index < -0.39 is 45.1 Å². The second-order valence-electron chi connectivity index (χ2n) is 6.53. The van der Waals surface area contributed by atoms with Crippen molar-refractivity contribution in [2.45, 2.75) is 48.3 Å². The van der Waals surface area contributed by atoms with E-state index in [1.54, 1.807) is 0 Å². The van der Waals surface area contributed by atoms with Crippen LogP contribution in [0.4, 0.5) is 22.0 Å². The molecule has 0 saturated heterocycles. The maximum atomic E-state index is 14.3. The standard InChI is InChI=1S/C15H14BrF5O3S/c16-11-1-3-12(4-2-11)25(22,23)24-13(14(17,18)15(19,20)21)6-5-9-7-10(13)8-9/h1-4,9-10H,5-8H2/t9?,10?,13-/m1/s1. The minimum absolute atomic E-state index is 0.0566. The quantitative estimate of drug-likeness (QED) is 0.485.